The number of hydrogen-bond donors (Lipinski definition) is 1. The normalized spacial score (nSPS) is 10.9. The second-order valence-electron chi connectivity index (χ2n) is 6.38. The number of nitrogens with one attached hydrogen (secondary N) is 1. The van der Waals surface area contributed by atoms with Crippen LogP contribution in [0.5, 0.6) is 23.0 Å². The van der Waals surface area contributed by atoms with Crippen molar-refractivity contribution in [1.82, 2.24) is 5.43 Å². The largest absolute Gasteiger partial charge is 0.493 e. The molecule has 1 N–H and O–H groups in total. The van der Waals surface area contributed by atoms with Gasteiger partial charge in [-0.1, -0.05) is 29.8 Å². The lowest BCUT2D eigenvalue weighted by Crippen LogP contribution is -2.24. The molecule has 2 rings (SSSR count). The molecule has 0 aliphatic rings. The molecular formula is C21H25BrN2O5. The monoisotopic (exact) mass is 464 g/mol. The van der Waals surface area contributed by atoms with Crippen molar-refractivity contribution in [3.8, 4) is 23.0 Å². The zero-order valence-corrected chi connectivity index (χ0v) is 18.7. The first kappa shape index (κ1) is 22.5. The van der Waals surface area contributed by atoms with Crippen molar-refractivity contribution >= 4 is 28.1 Å². The summed E-state index contributed by atoms with van der Waals surface area (Å²) in [7, 11) is 4.60. The number of hydrazone groups is 1. The Morgan fingerprint density at radius 3 is 2.28 bits per heavy atom. The lowest BCUT2D eigenvalue weighted by molar-refractivity contribution is -0.123. The van der Waals surface area contributed by atoms with Gasteiger partial charge in [0.2, 0.25) is 5.75 Å². The smallest absolute Gasteiger partial charge is 0.277 e. The van der Waals surface area contributed by atoms with Crippen molar-refractivity contribution in [2.45, 2.75) is 19.8 Å². The molecule has 0 fully saturated rings. The molecule has 7 nitrogen and oxygen atoms in total. The molecule has 0 aromatic heterocycles. The van der Waals surface area contributed by atoms with Gasteiger partial charge in [0.1, 0.15) is 5.75 Å². The topological polar surface area (TPSA) is 78.4 Å². The SMILES string of the molecule is COc1cc(/C=N/NC(=O)COc2ccc(Br)cc2C(C)C)cc(OC)c1OC. The van der Waals surface area contributed by atoms with E-state index in [0.29, 0.717) is 28.6 Å². The maximum absolute atomic E-state index is 12.1. The van der Waals surface area contributed by atoms with Gasteiger partial charge in [0.05, 0.1) is 27.5 Å². The summed E-state index contributed by atoms with van der Waals surface area (Å²) < 4.78 is 22.5. The second kappa shape index (κ2) is 10.7. The highest BCUT2D eigenvalue weighted by atomic mass is 79.9. The van der Waals surface area contributed by atoms with E-state index >= 15 is 0 Å². The number of ether oxygens (including phenoxy) is 4. The van der Waals surface area contributed by atoms with Crippen molar-refractivity contribution in [2.75, 3.05) is 27.9 Å². The Bertz CT molecular complexity index is 858. The fourth-order valence-corrected chi connectivity index (χ4v) is 3.01. The molecule has 0 saturated carbocycles. The molecule has 2 aromatic carbocycles. The summed E-state index contributed by atoms with van der Waals surface area (Å²) in [5.41, 5.74) is 4.15. The van der Waals surface area contributed by atoms with E-state index < -0.39 is 0 Å². The van der Waals surface area contributed by atoms with E-state index in [-0.39, 0.29) is 18.4 Å². The van der Waals surface area contributed by atoms with E-state index in [1.165, 1.54) is 27.5 Å². The lowest BCUT2D eigenvalue weighted by atomic mass is 10.0. The quantitative estimate of drug-likeness (QED) is 0.445. The third-order valence-corrected chi connectivity index (χ3v) is 4.54. The highest BCUT2D eigenvalue weighted by Crippen LogP contribution is 2.37. The minimum atomic E-state index is -0.369. The predicted octanol–water partition coefficient (Wildman–Crippen LogP) is 4.13. The first-order valence-electron chi connectivity index (χ1n) is 8.93. The molecule has 156 valence electrons. The van der Waals surface area contributed by atoms with Crippen molar-refractivity contribution < 1.29 is 23.7 Å². The standard InChI is InChI=1S/C21H25BrN2O5/c1-13(2)16-10-15(22)6-7-17(16)29-12-20(25)24-23-11-14-8-18(26-3)21(28-5)19(9-14)27-4/h6-11,13H,12H2,1-5H3,(H,24,25)/b23-11+. The van der Waals surface area contributed by atoms with Gasteiger partial charge in [-0.25, -0.2) is 5.43 Å². The molecule has 0 bridgehead atoms. The molecule has 0 atom stereocenters. The minimum absolute atomic E-state index is 0.145. The Hall–Kier alpha value is -2.74. The number of carbonyl (C=O) groups excluding carboxylic acids is 1. The number of amides is 1. The van der Waals surface area contributed by atoms with Gasteiger partial charge < -0.3 is 18.9 Å². The van der Waals surface area contributed by atoms with Crippen LogP contribution in [0.15, 0.2) is 39.9 Å². The Kier molecular flexibility index (Phi) is 8.33. The van der Waals surface area contributed by atoms with Crippen LogP contribution in [0.3, 0.4) is 0 Å². The molecule has 0 radical (unpaired) electrons. The van der Waals surface area contributed by atoms with Gasteiger partial charge in [-0.15, -0.1) is 0 Å². The summed E-state index contributed by atoms with van der Waals surface area (Å²) in [5, 5.41) is 3.97. The van der Waals surface area contributed by atoms with Crippen LogP contribution in [0.4, 0.5) is 0 Å². The summed E-state index contributed by atoms with van der Waals surface area (Å²) >= 11 is 3.45. The summed E-state index contributed by atoms with van der Waals surface area (Å²) in [6, 6.07) is 9.16. The van der Waals surface area contributed by atoms with Crippen LogP contribution in [-0.4, -0.2) is 40.1 Å². The highest BCUT2D eigenvalue weighted by Gasteiger charge is 2.13. The van der Waals surface area contributed by atoms with Gasteiger partial charge in [0, 0.05) is 10.0 Å². The van der Waals surface area contributed by atoms with Crippen molar-refractivity contribution in [2.24, 2.45) is 5.10 Å². The van der Waals surface area contributed by atoms with E-state index in [1.807, 2.05) is 18.2 Å². The summed E-state index contributed by atoms with van der Waals surface area (Å²) in [4.78, 5) is 12.1. The molecule has 1 amide bonds. The molecule has 0 saturated heterocycles. The molecule has 29 heavy (non-hydrogen) atoms. The second-order valence-corrected chi connectivity index (χ2v) is 7.29. The van der Waals surface area contributed by atoms with Crippen LogP contribution < -0.4 is 24.4 Å². The number of hydrogen-bond acceptors (Lipinski definition) is 6. The summed E-state index contributed by atoms with van der Waals surface area (Å²) in [6.45, 7) is 3.99. The number of carbonyl (C=O) groups is 1. The lowest BCUT2D eigenvalue weighted by Gasteiger charge is -2.14. The summed E-state index contributed by atoms with van der Waals surface area (Å²) in [5.74, 6) is 2.06. The van der Waals surface area contributed by atoms with Gasteiger partial charge >= 0.3 is 0 Å². The Morgan fingerprint density at radius 2 is 1.72 bits per heavy atom. The molecular weight excluding hydrogens is 440 g/mol. The van der Waals surface area contributed by atoms with E-state index in [2.05, 4.69) is 40.3 Å². The molecule has 0 aliphatic carbocycles. The summed E-state index contributed by atoms with van der Waals surface area (Å²) in [6.07, 6.45) is 1.49. The number of halogens is 1. The Morgan fingerprint density at radius 1 is 1.07 bits per heavy atom. The first-order valence-corrected chi connectivity index (χ1v) is 9.73. The molecule has 0 aliphatic heterocycles. The van der Waals surface area contributed by atoms with Crippen molar-refractivity contribution in [1.29, 1.82) is 0 Å². The van der Waals surface area contributed by atoms with Crippen molar-refractivity contribution in [3.63, 3.8) is 0 Å². The van der Waals surface area contributed by atoms with Crippen LogP contribution in [0, 0.1) is 0 Å². The van der Waals surface area contributed by atoms with Crippen LogP contribution >= 0.6 is 15.9 Å². The average Bonchev–Trinajstić information content (AvgIpc) is 2.71. The molecule has 0 unspecified atom stereocenters. The van der Waals surface area contributed by atoms with Crippen molar-refractivity contribution in [3.05, 3.63) is 45.9 Å². The predicted molar refractivity (Wildman–Crippen MR) is 116 cm³/mol. The fraction of sp³-hybridized carbons (Fsp3) is 0.333. The van der Waals surface area contributed by atoms with Crippen LogP contribution in [0.25, 0.3) is 0 Å². The number of rotatable bonds is 9. The van der Waals surface area contributed by atoms with Gasteiger partial charge in [0.25, 0.3) is 5.91 Å². The van der Waals surface area contributed by atoms with Gasteiger partial charge in [-0.3, -0.25) is 4.79 Å². The van der Waals surface area contributed by atoms with Gasteiger partial charge in [0.15, 0.2) is 18.1 Å². The zero-order valence-electron chi connectivity index (χ0n) is 17.1. The molecule has 2 aromatic rings. The van der Waals surface area contributed by atoms with Gasteiger partial charge in [-0.2, -0.15) is 5.10 Å². The maximum Gasteiger partial charge on any atom is 0.277 e. The van der Waals surface area contributed by atoms with Crippen LogP contribution in [0.2, 0.25) is 0 Å². The van der Waals surface area contributed by atoms with Gasteiger partial charge in [-0.05, 0) is 41.8 Å². The van der Waals surface area contributed by atoms with E-state index in [0.717, 1.165) is 10.0 Å². The molecule has 0 heterocycles. The minimum Gasteiger partial charge on any atom is -0.493 e. The molecule has 0 spiro atoms. The maximum atomic E-state index is 12.1. The number of nitrogens with zero attached hydrogens (tertiary/aromatic N) is 1. The Balaban J connectivity index is 2.00. The third-order valence-electron chi connectivity index (χ3n) is 4.04. The highest BCUT2D eigenvalue weighted by molar-refractivity contribution is 9.10. The third kappa shape index (κ3) is 6.12. The van der Waals surface area contributed by atoms with E-state index in [9.17, 15) is 4.79 Å². The molecule has 8 heteroatoms. The zero-order chi connectivity index (χ0) is 21.4. The Labute approximate surface area is 179 Å². The first-order chi connectivity index (χ1) is 13.9. The number of benzene rings is 2. The van der Waals surface area contributed by atoms with E-state index in [1.54, 1.807) is 12.1 Å². The number of methoxy groups -OCH3 is 3. The van der Waals surface area contributed by atoms with E-state index in [4.69, 9.17) is 18.9 Å². The average molecular weight is 465 g/mol. The van der Waals surface area contributed by atoms with Crippen LogP contribution in [0.1, 0.15) is 30.9 Å². The van der Waals surface area contributed by atoms with Crippen LogP contribution in [-0.2, 0) is 4.79 Å². The fourth-order valence-electron chi connectivity index (χ4n) is 2.63.